The van der Waals surface area contributed by atoms with Crippen molar-refractivity contribution in [2.24, 2.45) is 0 Å². The fourth-order valence-corrected chi connectivity index (χ4v) is 2.06. The Hall–Kier alpha value is -3.13. The summed E-state index contributed by atoms with van der Waals surface area (Å²) in [6, 6.07) is 9.70. The van der Waals surface area contributed by atoms with Crippen molar-refractivity contribution in [3.05, 3.63) is 53.3 Å². The van der Waals surface area contributed by atoms with Crippen molar-refractivity contribution in [3.8, 4) is 5.75 Å². The van der Waals surface area contributed by atoms with Gasteiger partial charge in [0.1, 0.15) is 18.0 Å². The molecule has 8 nitrogen and oxygen atoms in total. The minimum absolute atomic E-state index is 0.0687. The van der Waals surface area contributed by atoms with E-state index in [1.807, 2.05) is 0 Å². The maximum Gasteiger partial charge on any atom is 0.325 e. The molecule has 0 radical (unpaired) electrons. The van der Waals surface area contributed by atoms with Gasteiger partial charge in [0.25, 0.3) is 11.8 Å². The van der Waals surface area contributed by atoms with Crippen molar-refractivity contribution >= 4 is 35.1 Å². The van der Waals surface area contributed by atoms with Crippen LogP contribution in [0.25, 0.3) is 0 Å². The fourth-order valence-electron chi connectivity index (χ4n) is 1.90. The number of ether oxygens (including phenoxy) is 2. The Labute approximate surface area is 154 Å². The van der Waals surface area contributed by atoms with Gasteiger partial charge in [-0.05, 0) is 24.3 Å². The molecule has 0 spiro atoms. The summed E-state index contributed by atoms with van der Waals surface area (Å²) in [5.74, 6) is -1.40. The molecule has 0 saturated heterocycles. The van der Waals surface area contributed by atoms with Crippen LogP contribution in [0.3, 0.4) is 0 Å². The highest BCUT2D eigenvalue weighted by atomic mass is 35.5. The number of nitrogens with one attached hydrogen (secondary N) is 2. The minimum atomic E-state index is -0.768. The van der Waals surface area contributed by atoms with Crippen LogP contribution < -0.4 is 15.4 Å². The summed E-state index contributed by atoms with van der Waals surface area (Å²) in [7, 11) is 1.47. The minimum Gasteiger partial charge on any atom is -0.495 e. The highest BCUT2D eigenvalue weighted by Gasteiger charge is 2.13. The predicted octanol–water partition coefficient (Wildman–Crippen LogP) is 1.66. The van der Waals surface area contributed by atoms with E-state index in [2.05, 4.69) is 15.6 Å². The molecular formula is C17H16ClN3O5. The van der Waals surface area contributed by atoms with E-state index in [0.29, 0.717) is 16.5 Å². The third kappa shape index (κ3) is 5.75. The van der Waals surface area contributed by atoms with Crippen LogP contribution in [0.1, 0.15) is 10.5 Å². The third-order valence-corrected chi connectivity index (χ3v) is 3.33. The lowest BCUT2D eigenvalue weighted by Gasteiger charge is -2.10. The van der Waals surface area contributed by atoms with E-state index in [1.54, 1.807) is 24.3 Å². The highest BCUT2D eigenvalue weighted by molar-refractivity contribution is 6.30. The molecular weight excluding hydrogens is 362 g/mol. The first kappa shape index (κ1) is 19.2. The topological polar surface area (TPSA) is 107 Å². The molecule has 0 bridgehead atoms. The van der Waals surface area contributed by atoms with Crippen molar-refractivity contribution in [2.45, 2.75) is 0 Å². The lowest BCUT2D eigenvalue weighted by atomic mass is 10.3. The van der Waals surface area contributed by atoms with Crippen LogP contribution in [0.15, 0.2) is 42.6 Å². The van der Waals surface area contributed by atoms with E-state index in [9.17, 15) is 14.4 Å². The number of para-hydroxylation sites is 2. The Morgan fingerprint density at radius 2 is 1.96 bits per heavy atom. The monoisotopic (exact) mass is 377 g/mol. The number of nitrogens with zero attached hydrogens (tertiary/aromatic N) is 1. The van der Waals surface area contributed by atoms with Crippen molar-refractivity contribution in [3.63, 3.8) is 0 Å². The van der Waals surface area contributed by atoms with Gasteiger partial charge in [-0.25, -0.2) is 0 Å². The number of benzene rings is 1. The molecule has 9 heteroatoms. The molecule has 2 N–H and O–H groups in total. The molecule has 0 aliphatic rings. The number of carbonyl (C=O) groups excluding carboxylic acids is 3. The van der Waals surface area contributed by atoms with Crippen molar-refractivity contribution in [1.82, 2.24) is 10.3 Å². The highest BCUT2D eigenvalue weighted by Crippen LogP contribution is 2.22. The first-order chi connectivity index (χ1) is 12.5. The zero-order valence-electron chi connectivity index (χ0n) is 13.8. The van der Waals surface area contributed by atoms with E-state index in [-0.39, 0.29) is 5.69 Å². The zero-order chi connectivity index (χ0) is 18.9. The third-order valence-electron chi connectivity index (χ3n) is 3.09. The van der Waals surface area contributed by atoms with Crippen molar-refractivity contribution in [2.75, 3.05) is 25.6 Å². The van der Waals surface area contributed by atoms with Gasteiger partial charge in [-0.15, -0.1) is 0 Å². The first-order valence-corrected chi connectivity index (χ1v) is 7.85. The standard InChI is InChI=1S/C17H16ClN3O5/c1-25-14-5-3-2-4-12(14)21-15(22)10-26-16(23)9-20-17(24)13-8-11(18)6-7-19-13/h2-8H,9-10H2,1H3,(H,20,24)(H,21,22). The summed E-state index contributed by atoms with van der Waals surface area (Å²) < 4.78 is 9.91. The smallest absolute Gasteiger partial charge is 0.325 e. The van der Waals surface area contributed by atoms with Crippen LogP contribution in [0.4, 0.5) is 5.69 Å². The molecule has 1 heterocycles. The molecule has 2 amide bonds. The summed E-state index contributed by atoms with van der Waals surface area (Å²) >= 11 is 5.76. The molecule has 2 aromatic rings. The molecule has 0 aliphatic heterocycles. The normalized spacial score (nSPS) is 9.92. The molecule has 26 heavy (non-hydrogen) atoms. The zero-order valence-corrected chi connectivity index (χ0v) is 14.6. The number of amides is 2. The van der Waals surface area contributed by atoms with Gasteiger partial charge in [0.2, 0.25) is 0 Å². The molecule has 136 valence electrons. The van der Waals surface area contributed by atoms with Gasteiger partial charge in [-0.2, -0.15) is 0 Å². The second kappa shape index (κ2) is 9.38. The Balaban J connectivity index is 1.76. The number of pyridine rings is 1. The van der Waals surface area contributed by atoms with Crippen LogP contribution in [-0.2, 0) is 14.3 Å². The quantitative estimate of drug-likeness (QED) is 0.711. The number of methoxy groups -OCH3 is 1. The summed E-state index contributed by atoms with van der Waals surface area (Å²) in [6.07, 6.45) is 1.37. The molecule has 0 unspecified atom stereocenters. The molecule has 1 aromatic heterocycles. The summed E-state index contributed by atoms with van der Waals surface area (Å²) in [4.78, 5) is 39.1. The van der Waals surface area contributed by atoms with E-state index in [1.165, 1.54) is 25.4 Å². The Morgan fingerprint density at radius 1 is 1.19 bits per heavy atom. The van der Waals surface area contributed by atoms with E-state index < -0.39 is 30.9 Å². The van der Waals surface area contributed by atoms with Crippen LogP contribution in [0, 0.1) is 0 Å². The summed E-state index contributed by atoms with van der Waals surface area (Å²) in [5, 5.41) is 5.24. The van der Waals surface area contributed by atoms with E-state index in [4.69, 9.17) is 21.1 Å². The Bertz CT molecular complexity index is 812. The number of carbonyl (C=O) groups is 3. The molecule has 1 aromatic carbocycles. The maximum atomic E-state index is 11.8. The number of rotatable bonds is 7. The van der Waals surface area contributed by atoms with Crippen LogP contribution in [0.2, 0.25) is 5.02 Å². The van der Waals surface area contributed by atoms with Crippen molar-refractivity contribution < 1.29 is 23.9 Å². The number of hydrogen-bond acceptors (Lipinski definition) is 6. The van der Waals surface area contributed by atoms with E-state index >= 15 is 0 Å². The average Bonchev–Trinajstić information content (AvgIpc) is 2.64. The van der Waals surface area contributed by atoms with Gasteiger partial charge in [-0.1, -0.05) is 23.7 Å². The van der Waals surface area contributed by atoms with Gasteiger partial charge < -0.3 is 20.1 Å². The number of hydrogen-bond donors (Lipinski definition) is 2. The number of halogens is 1. The molecule has 0 saturated carbocycles. The number of aromatic nitrogens is 1. The maximum absolute atomic E-state index is 11.8. The van der Waals surface area contributed by atoms with Crippen LogP contribution in [0.5, 0.6) is 5.75 Å². The first-order valence-electron chi connectivity index (χ1n) is 7.48. The second-order valence-corrected chi connectivity index (χ2v) is 5.39. The number of anilines is 1. The van der Waals surface area contributed by atoms with Gasteiger partial charge in [0, 0.05) is 11.2 Å². The lowest BCUT2D eigenvalue weighted by molar-refractivity contribution is -0.146. The Kier molecular flexibility index (Phi) is 6.92. The largest absolute Gasteiger partial charge is 0.495 e. The molecule has 0 atom stereocenters. The van der Waals surface area contributed by atoms with Gasteiger partial charge in [0.15, 0.2) is 6.61 Å². The summed E-state index contributed by atoms with van der Waals surface area (Å²) in [6.45, 7) is -0.906. The molecule has 0 fully saturated rings. The Morgan fingerprint density at radius 3 is 2.69 bits per heavy atom. The number of esters is 1. The van der Waals surface area contributed by atoms with Crippen LogP contribution >= 0.6 is 11.6 Å². The summed E-state index contributed by atoms with van der Waals surface area (Å²) in [5.41, 5.74) is 0.524. The fraction of sp³-hybridized carbons (Fsp3) is 0.176. The van der Waals surface area contributed by atoms with Crippen LogP contribution in [-0.4, -0.2) is 43.0 Å². The molecule has 2 rings (SSSR count). The van der Waals surface area contributed by atoms with Crippen molar-refractivity contribution in [1.29, 1.82) is 0 Å². The second-order valence-electron chi connectivity index (χ2n) is 4.95. The van der Waals surface area contributed by atoms with E-state index in [0.717, 1.165) is 0 Å². The van der Waals surface area contributed by atoms with Gasteiger partial charge in [-0.3, -0.25) is 19.4 Å². The predicted molar refractivity (Wildman–Crippen MR) is 94.2 cm³/mol. The van der Waals surface area contributed by atoms with Gasteiger partial charge >= 0.3 is 5.97 Å². The van der Waals surface area contributed by atoms with Gasteiger partial charge in [0.05, 0.1) is 12.8 Å². The average molecular weight is 378 g/mol. The SMILES string of the molecule is COc1ccccc1NC(=O)COC(=O)CNC(=O)c1cc(Cl)ccn1. The molecule has 0 aliphatic carbocycles. The lowest BCUT2D eigenvalue weighted by Crippen LogP contribution is -2.32.